The van der Waals surface area contributed by atoms with Crippen molar-refractivity contribution in [3.05, 3.63) is 51.4 Å². The molecule has 0 bridgehead atoms. The van der Waals surface area contributed by atoms with Crippen molar-refractivity contribution in [2.45, 2.75) is 46.5 Å². The predicted molar refractivity (Wildman–Crippen MR) is 79.1 cm³/mol. The first-order valence-electron chi connectivity index (χ1n) is 7.07. The number of nitrogens with zero attached hydrogens (tertiary/aromatic N) is 1. The Bertz CT molecular complexity index is 607. The SMILES string of the molecule is CCCCc1c(CC)[nH]n(-c2ccccc2C)c1=O. The zero-order chi connectivity index (χ0) is 13.8. The van der Waals surface area contributed by atoms with E-state index in [1.54, 1.807) is 4.68 Å². The minimum absolute atomic E-state index is 0.111. The zero-order valence-corrected chi connectivity index (χ0v) is 12.0. The lowest BCUT2D eigenvalue weighted by Gasteiger charge is -2.05. The number of unbranched alkanes of at least 4 members (excludes halogenated alkanes) is 1. The first-order chi connectivity index (χ1) is 9.19. The highest BCUT2D eigenvalue weighted by Gasteiger charge is 2.14. The van der Waals surface area contributed by atoms with Crippen LogP contribution in [0.1, 0.15) is 43.5 Å². The number of rotatable bonds is 5. The number of aromatic nitrogens is 2. The van der Waals surface area contributed by atoms with Crippen LogP contribution >= 0.6 is 0 Å². The third kappa shape index (κ3) is 2.65. The summed E-state index contributed by atoms with van der Waals surface area (Å²) in [6.07, 6.45) is 3.91. The Kier molecular flexibility index (Phi) is 4.25. The van der Waals surface area contributed by atoms with Gasteiger partial charge in [0.25, 0.3) is 5.56 Å². The molecule has 2 rings (SSSR count). The topological polar surface area (TPSA) is 37.8 Å². The Morgan fingerprint density at radius 1 is 1.21 bits per heavy atom. The molecule has 0 aliphatic carbocycles. The highest BCUT2D eigenvalue weighted by Crippen LogP contribution is 2.14. The smallest absolute Gasteiger partial charge is 0.274 e. The molecule has 1 aromatic carbocycles. The molecule has 0 spiro atoms. The molecule has 1 aromatic heterocycles. The van der Waals surface area contributed by atoms with E-state index in [4.69, 9.17) is 0 Å². The maximum absolute atomic E-state index is 12.5. The van der Waals surface area contributed by atoms with Crippen molar-refractivity contribution >= 4 is 0 Å². The molecule has 1 N–H and O–H groups in total. The van der Waals surface area contributed by atoms with Gasteiger partial charge < -0.3 is 0 Å². The second-order valence-electron chi connectivity index (χ2n) is 4.95. The first-order valence-corrected chi connectivity index (χ1v) is 7.07. The largest absolute Gasteiger partial charge is 0.295 e. The van der Waals surface area contributed by atoms with E-state index >= 15 is 0 Å². The average Bonchev–Trinajstić information content (AvgIpc) is 2.73. The summed E-state index contributed by atoms with van der Waals surface area (Å²) in [5.41, 5.74) is 4.19. The highest BCUT2D eigenvalue weighted by atomic mass is 16.1. The molecule has 1 heterocycles. The van der Waals surface area contributed by atoms with Crippen LogP contribution in [0.2, 0.25) is 0 Å². The van der Waals surface area contributed by atoms with Crippen LogP contribution in [-0.4, -0.2) is 9.78 Å². The second kappa shape index (κ2) is 5.91. The van der Waals surface area contributed by atoms with Crippen LogP contribution in [-0.2, 0) is 12.8 Å². The molecule has 3 heteroatoms. The van der Waals surface area contributed by atoms with Crippen molar-refractivity contribution in [1.29, 1.82) is 0 Å². The van der Waals surface area contributed by atoms with Crippen molar-refractivity contribution in [3.8, 4) is 5.69 Å². The Hall–Kier alpha value is -1.77. The highest BCUT2D eigenvalue weighted by molar-refractivity contribution is 5.40. The van der Waals surface area contributed by atoms with E-state index in [0.29, 0.717) is 0 Å². The normalized spacial score (nSPS) is 10.9. The van der Waals surface area contributed by atoms with E-state index in [9.17, 15) is 4.79 Å². The quantitative estimate of drug-likeness (QED) is 0.877. The summed E-state index contributed by atoms with van der Waals surface area (Å²) in [4.78, 5) is 12.5. The minimum atomic E-state index is 0.111. The van der Waals surface area contributed by atoms with Gasteiger partial charge in [0.1, 0.15) is 0 Å². The zero-order valence-electron chi connectivity index (χ0n) is 12.0. The van der Waals surface area contributed by atoms with Gasteiger partial charge in [-0.2, -0.15) is 0 Å². The molecule has 0 radical (unpaired) electrons. The Labute approximate surface area is 114 Å². The molecule has 0 atom stereocenters. The molecule has 0 saturated carbocycles. The summed E-state index contributed by atoms with van der Waals surface area (Å²) in [6.45, 7) is 6.26. The van der Waals surface area contributed by atoms with Crippen LogP contribution in [0.15, 0.2) is 29.1 Å². The lowest BCUT2D eigenvalue weighted by molar-refractivity contribution is 0.783. The van der Waals surface area contributed by atoms with Crippen molar-refractivity contribution in [2.75, 3.05) is 0 Å². The van der Waals surface area contributed by atoms with E-state index in [1.165, 1.54) is 0 Å². The molecule has 0 aliphatic rings. The minimum Gasteiger partial charge on any atom is -0.295 e. The van der Waals surface area contributed by atoms with Gasteiger partial charge in [-0.1, -0.05) is 38.5 Å². The number of aromatic amines is 1. The molecule has 0 unspecified atom stereocenters. The van der Waals surface area contributed by atoms with Gasteiger partial charge in [-0.15, -0.1) is 0 Å². The second-order valence-corrected chi connectivity index (χ2v) is 4.95. The molecular formula is C16H22N2O. The number of aryl methyl sites for hydroxylation is 2. The molecule has 2 aromatic rings. The summed E-state index contributed by atoms with van der Waals surface area (Å²) < 4.78 is 1.69. The molecule has 19 heavy (non-hydrogen) atoms. The van der Waals surface area contributed by atoms with Crippen molar-refractivity contribution < 1.29 is 0 Å². The Morgan fingerprint density at radius 3 is 2.58 bits per heavy atom. The van der Waals surface area contributed by atoms with Crippen LogP contribution in [0, 0.1) is 6.92 Å². The van der Waals surface area contributed by atoms with Crippen molar-refractivity contribution in [1.82, 2.24) is 9.78 Å². The number of hydrogen-bond donors (Lipinski definition) is 1. The molecule has 0 aliphatic heterocycles. The number of nitrogens with one attached hydrogen (secondary N) is 1. The fraction of sp³-hybridized carbons (Fsp3) is 0.438. The predicted octanol–water partition coefficient (Wildman–Crippen LogP) is 3.38. The summed E-state index contributed by atoms with van der Waals surface area (Å²) in [5.74, 6) is 0. The summed E-state index contributed by atoms with van der Waals surface area (Å²) in [7, 11) is 0. The van der Waals surface area contributed by atoms with E-state index in [-0.39, 0.29) is 5.56 Å². The number of H-pyrrole nitrogens is 1. The summed E-state index contributed by atoms with van der Waals surface area (Å²) in [5, 5.41) is 3.27. The molecule has 102 valence electrons. The van der Waals surface area contributed by atoms with Gasteiger partial charge in [-0.3, -0.25) is 9.89 Å². The molecule has 0 amide bonds. The van der Waals surface area contributed by atoms with Gasteiger partial charge in [0, 0.05) is 11.3 Å². The third-order valence-corrected chi connectivity index (χ3v) is 3.56. The van der Waals surface area contributed by atoms with Crippen molar-refractivity contribution in [3.63, 3.8) is 0 Å². The van der Waals surface area contributed by atoms with Gasteiger partial charge in [-0.25, -0.2) is 4.68 Å². The lowest BCUT2D eigenvalue weighted by atomic mass is 10.1. The number of hydrogen-bond acceptors (Lipinski definition) is 1. The number of para-hydroxylation sites is 1. The van der Waals surface area contributed by atoms with Gasteiger partial charge in [0.05, 0.1) is 5.69 Å². The van der Waals surface area contributed by atoms with Crippen LogP contribution in [0.5, 0.6) is 0 Å². The van der Waals surface area contributed by atoms with Crippen LogP contribution < -0.4 is 5.56 Å². The van der Waals surface area contributed by atoms with Crippen molar-refractivity contribution in [2.24, 2.45) is 0 Å². The first kappa shape index (κ1) is 13.7. The monoisotopic (exact) mass is 258 g/mol. The molecule has 0 saturated heterocycles. The Morgan fingerprint density at radius 2 is 1.95 bits per heavy atom. The molecular weight excluding hydrogens is 236 g/mol. The number of benzene rings is 1. The maximum Gasteiger partial charge on any atom is 0.274 e. The molecule has 3 nitrogen and oxygen atoms in total. The fourth-order valence-corrected chi connectivity index (χ4v) is 2.41. The van der Waals surface area contributed by atoms with E-state index in [0.717, 1.165) is 48.2 Å². The van der Waals surface area contributed by atoms with E-state index < -0.39 is 0 Å². The Balaban J connectivity index is 2.51. The van der Waals surface area contributed by atoms with Gasteiger partial charge in [-0.05, 0) is 37.8 Å². The van der Waals surface area contributed by atoms with Crippen LogP contribution in [0.3, 0.4) is 0 Å². The summed E-state index contributed by atoms with van der Waals surface area (Å²) >= 11 is 0. The van der Waals surface area contributed by atoms with E-state index in [1.807, 2.05) is 31.2 Å². The fourth-order valence-electron chi connectivity index (χ4n) is 2.41. The van der Waals surface area contributed by atoms with Crippen LogP contribution in [0.4, 0.5) is 0 Å². The average molecular weight is 258 g/mol. The van der Waals surface area contributed by atoms with Crippen LogP contribution in [0.25, 0.3) is 5.69 Å². The lowest BCUT2D eigenvalue weighted by Crippen LogP contribution is -2.18. The van der Waals surface area contributed by atoms with Gasteiger partial charge >= 0.3 is 0 Å². The maximum atomic E-state index is 12.5. The molecule has 0 fully saturated rings. The standard InChI is InChI=1S/C16H22N2O/c1-4-6-10-13-14(5-2)17-18(16(13)19)15-11-8-7-9-12(15)3/h7-9,11,17H,4-6,10H2,1-3H3. The summed E-state index contributed by atoms with van der Waals surface area (Å²) in [6, 6.07) is 7.97. The van der Waals surface area contributed by atoms with Gasteiger partial charge in [0.2, 0.25) is 0 Å². The third-order valence-electron chi connectivity index (χ3n) is 3.56. The van der Waals surface area contributed by atoms with Gasteiger partial charge in [0.15, 0.2) is 0 Å². The van der Waals surface area contributed by atoms with E-state index in [2.05, 4.69) is 18.9 Å².